The third-order valence-corrected chi connectivity index (χ3v) is 3.47. The van der Waals surface area contributed by atoms with Crippen molar-refractivity contribution in [1.82, 2.24) is 15.3 Å². The van der Waals surface area contributed by atoms with Crippen LogP contribution in [0.25, 0.3) is 0 Å². The van der Waals surface area contributed by atoms with Crippen LogP contribution >= 0.6 is 0 Å². The summed E-state index contributed by atoms with van der Waals surface area (Å²) in [6.45, 7) is 4.76. The molecule has 0 saturated heterocycles. The molecule has 6 heteroatoms. The van der Waals surface area contributed by atoms with Crippen LogP contribution in [0, 0.1) is 5.92 Å². The minimum Gasteiger partial charge on any atom is -0.383 e. The van der Waals surface area contributed by atoms with E-state index in [1.807, 2.05) is 24.3 Å². The Morgan fingerprint density at radius 3 is 2.71 bits per heavy atom. The molecule has 1 aromatic heterocycles. The van der Waals surface area contributed by atoms with Crippen LogP contribution in [0.1, 0.15) is 18.4 Å². The highest BCUT2D eigenvalue weighted by atomic mass is 16.5. The van der Waals surface area contributed by atoms with Gasteiger partial charge in [0.2, 0.25) is 5.95 Å². The van der Waals surface area contributed by atoms with E-state index in [9.17, 15) is 0 Å². The third kappa shape index (κ3) is 6.37. The van der Waals surface area contributed by atoms with Crippen LogP contribution in [0.4, 0.5) is 5.95 Å². The van der Waals surface area contributed by atoms with E-state index in [2.05, 4.69) is 15.3 Å². The van der Waals surface area contributed by atoms with Gasteiger partial charge in [-0.2, -0.15) is 0 Å². The average Bonchev–Trinajstić information content (AvgIpc) is 3.33. The molecule has 0 spiro atoms. The SMILES string of the molecule is COCCNCc1cnc(N(C)CCOCC2CC2)nc1. The molecule has 6 nitrogen and oxygen atoms in total. The quantitative estimate of drug-likeness (QED) is 0.616. The Bertz CT molecular complexity index is 395. The maximum atomic E-state index is 5.63. The molecule has 1 saturated carbocycles. The number of hydrogen-bond donors (Lipinski definition) is 1. The van der Waals surface area contributed by atoms with E-state index in [1.165, 1.54) is 12.8 Å². The first-order chi connectivity index (χ1) is 10.3. The van der Waals surface area contributed by atoms with Crippen LogP contribution in [0.15, 0.2) is 12.4 Å². The fourth-order valence-corrected chi connectivity index (χ4v) is 1.88. The van der Waals surface area contributed by atoms with Gasteiger partial charge < -0.3 is 19.7 Å². The second-order valence-corrected chi connectivity index (χ2v) is 5.50. The Kier molecular flexibility index (Phi) is 6.85. The molecule has 0 bridgehead atoms. The van der Waals surface area contributed by atoms with Crippen LogP contribution in [0.5, 0.6) is 0 Å². The molecule has 1 aliphatic rings. The van der Waals surface area contributed by atoms with Crippen molar-refractivity contribution < 1.29 is 9.47 Å². The maximum absolute atomic E-state index is 5.63. The standard InChI is InChI=1S/C15H26N4O2/c1-19(6-8-21-12-13-3-4-13)15-17-10-14(11-18-15)9-16-5-7-20-2/h10-11,13,16H,3-9,12H2,1-2H3. The molecule has 0 aliphatic heterocycles. The Labute approximate surface area is 126 Å². The van der Waals surface area contributed by atoms with Gasteiger partial charge in [-0.1, -0.05) is 0 Å². The molecule has 0 atom stereocenters. The number of rotatable bonds is 11. The predicted molar refractivity (Wildman–Crippen MR) is 82.4 cm³/mol. The summed E-state index contributed by atoms with van der Waals surface area (Å²) >= 11 is 0. The largest absolute Gasteiger partial charge is 0.383 e. The highest BCUT2D eigenvalue weighted by Crippen LogP contribution is 2.28. The van der Waals surface area contributed by atoms with Crippen molar-refractivity contribution in [1.29, 1.82) is 0 Å². The summed E-state index contributed by atoms with van der Waals surface area (Å²) in [5.74, 6) is 1.56. The van der Waals surface area contributed by atoms with Gasteiger partial charge in [0.25, 0.3) is 0 Å². The molecular formula is C15H26N4O2. The lowest BCUT2D eigenvalue weighted by atomic mass is 10.3. The van der Waals surface area contributed by atoms with Gasteiger partial charge in [0.05, 0.1) is 13.2 Å². The Hall–Kier alpha value is -1.24. The van der Waals surface area contributed by atoms with E-state index < -0.39 is 0 Å². The number of anilines is 1. The smallest absolute Gasteiger partial charge is 0.225 e. The van der Waals surface area contributed by atoms with E-state index in [4.69, 9.17) is 9.47 Å². The molecule has 2 rings (SSSR count). The van der Waals surface area contributed by atoms with E-state index in [1.54, 1.807) is 7.11 Å². The van der Waals surface area contributed by atoms with Gasteiger partial charge in [0.15, 0.2) is 0 Å². The monoisotopic (exact) mass is 294 g/mol. The molecule has 1 N–H and O–H groups in total. The number of nitrogens with one attached hydrogen (secondary N) is 1. The van der Waals surface area contributed by atoms with Crippen molar-refractivity contribution in [3.05, 3.63) is 18.0 Å². The van der Waals surface area contributed by atoms with E-state index in [-0.39, 0.29) is 0 Å². The van der Waals surface area contributed by atoms with Crippen LogP contribution in [0.2, 0.25) is 0 Å². The number of methoxy groups -OCH3 is 1. The zero-order chi connectivity index (χ0) is 14.9. The van der Waals surface area contributed by atoms with E-state index >= 15 is 0 Å². The van der Waals surface area contributed by atoms with E-state index in [0.29, 0.717) is 6.61 Å². The van der Waals surface area contributed by atoms with Crippen molar-refractivity contribution in [3.8, 4) is 0 Å². The number of hydrogen-bond acceptors (Lipinski definition) is 6. The number of nitrogens with zero attached hydrogens (tertiary/aromatic N) is 3. The number of likely N-dealkylation sites (N-methyl/N-ethyl adjacent to an activating group) is 1. The van der Waals surface area contributed by atoms with Crippen LogP contribution < -0.4 is 10.2 Å². The normalized spacial score (nSPS) is 14.4. The summed E-state index contributed by atoms with van der Waals surface area (Å²) < 4.78 is 10.6. The van der Waals surface area contributed by atoms with Gasteiger partial charge in [-0.3, -0.25) is 0 Å². The second kappa shape index (κ2) is 8.92. The van der Waals surface area contributed by atoms with Crippen molar-refractivity contribution in [2.75, 3.05) is 52.0 Å². The summed E-state index contributed by atoms with van der Waals surface area (Å²) in [5, 5.41) is 3.27. The molecule has 0 unspecified atom stereocenters. The molecule has 1 fully saturated rings. The summed E-state index contributed by atoms with van der Waals surface area (Å²) in [5.41, 5.74) is 1.08. The predicted octanol–water partition coefficient (Wildman–Crippen LogP) is 1.08. The summed E-state index contributed by atoms with van der Waals surface area (Å²) in [6, 6.07) is 0. The Morgan fingerprint density at radius 1 is 1.29 bits per heavy atom. The molecule has 0 amide bonds. The first-order valence-electron chi connectivity index (χ1n) is 7.59. The van der Waals surface area contributed by atoms with E-state index in [0.717, 1.165) is 50.3 Å². The zero-order valence-electron chi connectivity index (χ0n) is 13.0. The van der Waals surface area contributed by atoms with Gasteiger partial charge in [-0.15, -0.1) is 0 Å². The first-order valence-corrected chi connectivity index (χ1v) is 7.59. The average molecular weight is 294 g/mol. The molecule has 1 heterocycles. The van der Waals surface area contributed by atoms with Crippen LogP contribution in [-0.2, 0) is 16.0 Å². The lowest BCUT2D eigenvalue weighted by Crippen LogP contribution is -2.25. The first kappa shape index (κ1) is 16.1. The van der Waals surface area contributed by atoms with Crippen LogP contribution in [0.3, 0.4) is 0 Å². The molecule has 21 heavy (non-hydrogen) atoms. The van der Waals surface area contributed by atoms with Crippen molar-refractivity contribution >= 4 is 5.95 Å². The van der Waals surface area contributed by atoms with Gasteiger partial charge in [0, 0.05) is 58.4 Å². The zero-order valence-corrected chi connectivity index (χ0v) is 13.0. The van der Waals surface area contributed by atoms with Crippen LogP contribution in [-0.4, -0.2) is 57.0 Å². The molecule has 0 aromatic carbocycles. The highest BCUT2D eigenvalue weighted by molar-refractivity contribution is 5.28. The fourth-order valence-electron chi connectivity index (χ4n) is 1.88. The van der Waals surface area contributed by atoms with Gasteiger partial charge >= 0.3 is 0 Å². The topological polar surface area (TPSA) is 59.5 Å². The molecule has 0 radical (unpaired) electrons. The molecule has 1 aliphatic carbocycles. The lowest BCUT2D eigenvalue weighted by Gasteiger charge is -2.17. The fraction of sp³-hybridized carbons (Fsp3) is 0.733. The maximum Gasteiger partial charge on any atom is 0.225 e. The van der Waals surface area contributed by atoms with Gasteiger partial charge in [-0.05, 0) is 18.8 Å². The van der Waals surface area contributed by atoms with Crippen molar-refractivity contribution in [2.24, 2.45) is 5.92 Å². The summed E-state index contributed by atoms with van der Waals surface area (Å²) in [6.07, 6.45) is 6.39. The lowest BCUT2D eigenvalue weighted by molar-refractivity contribution is 0.130. The van der Waals surface area contributed by atoms with Gasteiger partial charge in [-0.25, -0.2) is 9.97 Å². The second-order valence-electron chi connectivity index (χ2n) is 5.50. The molecule has 1 aromatic rings. The minimum absolute atomic E-state index is 0.711. The Morgan fingerprint density at radius 2 is 2.05 bits per heavy atom. The Balaban J connectivity index is 1.64. The van der Waals surface area contributed by atoms with Crippen molar-refractivity contribution in [3.63, 3.8) is 0 Å². The third-order valence-electron chi connectivity index (χ3n) is 3.47. The molecule has 118 valence electrons. The van der Waals surface area contributed by atoms with Gasteiger partial charge in [0.1, 0.15) is 0 Å². The summed E-state index contributed by atoms with van der Waals surface area (Å²) in [7, 11) is 3.69. The van der Waals surface area contributed by atoms with Crippen molar-refractivity contribution in [2.45, 2.75) is 19.4 Å². The molecular weight excluding hydrogens is 268 g/mol. The minimum atomic E-state index is 0.711. The summed E-state index contributed by atoms with van der Waals surface area (Å²) in [4.78, 5) is 10.8. The highest BCUT2D eigenvalue weighted by Gasteiger charge is 2.21. The number of ether oxygens (including phenoxy) is 2. The number of aromatic nitrogens is 2.